The number of hydrogen-bond acceptors (Lipinski definition) is 2. The van der Waals surface area contributed by atoms with Crippen molar-refractivity contribution in [2.24, 2.45) is 0 Å². The van der Waals surface area contributed by atoms with Crippen molar-refractivity contribution in [1.29, 1.82) is 0 Å². The van der Waals surface area contributed by atoms with Crippen LogP contribution in [0.1, 0.15) is 17.0 Å². The quantitative estimate of drug-likeness (QED) is 0.757. The van der Waals surface area contributed by atoms with Gasteiger partial charge in [0, 0.05) is 0 Å². The number of hydrogen-bond donors (Lipinski definition) is 0. The molecule has 0 aliphatic rings. The smallest absolute Gasteiger partial charge is 0.212 e. The zero-order valence-corrected chi connectivity index (χ0v) is 10.7. The Morgan fingerprint density at radius 3 is 2.59 bits per heavy atom. The summed E-state index contributed by atoms with van der Waals surface area (Å²) in [6, 6.07) is 1.72. The molecule has 0 aliphatic heterocycles. The molecule has 0 amide bonds. The van der Waals surface area contributed by atoms with Crippen molar-refractivity contribution in [2.75, 3.05) is 0 Å². The monoisotopic (exact) mass is 307 g/mol. The van der Waals surface area contributed by atoms with Crippen LogP contribution in [0.4, 0.5) is 13.2 Å². The van der Waals surface area contributed by atoms with Crippen LogP contribution in [0, 0.1) is 13.8 Å². The van der Waals surface area contributed by atoms with Crippen LogP contribution in [0.5, 0.6) is 0 Å². The molecule has 0 radical (unpaired) electrons. The Bertz CT molecular complexity index is 574. The SMILES string of the molecule is Cc1cc2nc(CC(F)(F)F)nn2c(Br)c1C. The van der Waals surface area contributed by atoms with Gasteiger partial charge in [-0.25, -0.2) is 9.50 Å². The second-order valence-corrected chi connectivity index (χ2v) is 4.58. The van der Waals surface area contributed by atoms with Crippen LogP contribution in [0.25, 0.3) is 5.65 Å². The van der Waals surface area contributed by atoms with Crippen molar-refractivity contribution in [1.82, 2.24) is 14.6 Å². The topological polar surface area (TPSA) is 30.2 Å². The second-order valence-electron chi connectivity index (χ2n) is 3.83. The minimum atomic E-state index is -4.29. The minimum Gasteiger partial charge on any atom is -0.212 e. The molecule has 7 heteroatoms. The van der Waals surface area contributed by atoms with E-state index < -0.39 is 12.6 Å². The number of nitrogens with zero attached hydrogens (tertiary/aromatic N) is 3. The van der Waals surface area contributed by atoms with Crippen molar-refractivity contribution >= 4 is 21.6 Å². The lowest BCUT2D eigenvalue weighted by Crippen LogP contribution is -2.12. The van der Waals surface area contributed by atoms with Crippen LogP contribution in [0.3, 0.4) is 0 Å². The van der Waals surface area contributed by atoms with Gasteiger partial charge in [-0.1, -0.05) is 0 Å². The molecule has 0 unspecified atom stereocenters. The second kappa shape index (κ2) is 3.97. The summed E-state index contributed by atoms with van der Waals surface area (Å²) in [4.78, 5) is 3.86. The molecule has 2 rings (SSSR count). The Labute approximate surface area is 104 Å². The minimum absolute atomic E-state index is 0.219. The molecule has 0 aromatic carbocycles. The molecule has 2 aromatic heterocycles. The van der Waals surface area contributed by atoms with Gasteiger partial charge in [-0.15, -0.1) is 5.10 Å². The molecule has 0 fully saturated rings. The summed E-state index contributed by atoms with van der Waals surface area (Å²) < 4.78 is 38.7. The zero-order valence-electron chi connectivity index (χ0n) is 9.14. The summed E-state index contributed by atoms with van der Waals surface area (Å²) in [5.74, 6) is -0.219. The van der Waals surface area contributed by atoms with E-state index in [1.807, 2.05) is 13.8 Å². The first-order chi connectivity index (χ1) is 7.78. The van der Waals surface area contributed by atoms with E-state index in [1.54, 1.807) is 6.07 Å². The van der Waals surface area contributed by atoms with Crippen LogP contribution in [-0.4, -0.2) is 20.8 Å². The predicted octanol–water partition coefficient (Wildman–Crippen LogP) is 3.21. The predicted molar refractivity (Wildman–Crippen MR) is 59.9 cm³/mol. The van der Waals surface area contributed by atoms with Gasteiger partial charge >= 0.3 is 6.18 Å². The molecule has 0 atom stereocenters. The van der Waals surface area contributed by atoms with E-state index in [4.69, 9.17) is 0 Å². The lowest BCUT2D eigenvalue weighted by atomic mass is 10.2. The van der Waals surface area contributed by atoms with E-state index in [0.29, 0.717) is 10.3 Å². The third kappa shape index (κ3) is 2.43. The molecule has 3 nitrogen and oxygen atoms in total. The average molecular weight is 308 g/mol. The lowest BCUT2D eigenvalue weighted by Gasteiger charge is -2.03. The number of alkyl halides is 3. The first-order valence-electron chi connectivity index (χ1n) is 4.86. The number of aromatic nitrogens is 3. The molecule has 0 saturated carbocycles. The third-order valence-electron chi connectivity index (χ3n) is 2.47. The fourth-order valence-corrected chi connectivity index (χ4v) is 2.06. The van der Waals surface area contributed by atoms with Crippen molar-refractivity contribution in [2.45, 2.75) is 26.4 Å². The zero-order chi connectivity index (χ0) is 12.8. The molecule has 92 valence electrons. The van der Waals surface area contributed by atoms with Gasteiger partial charge in [-0.3, -0.25) is 0 Å². The Kier molecular flexibility index (Phi) is 2.89. The Morgan fingerprint density at radius 2 is 2.00 bits per heavy atom. The maximum Gasteiger partial charge on any atom is 0.396 e. The van der Waals surface area contributed by atoms with Gasteiger partial charge in [-0.05, 0) is 47.0 Å². The summed E-state index contributed by atoms with van der Waals surface area (Å²) in [5, 5.41) is 3.84. The van der Waals surface area contributed by atoms with Crippen LogP contribution in [-0.2, 0) is 6.42 Å². The van der Waals surface area contributed by atoms with Crippen molar-refractivity contribution in [3.05, 3.63) is 27.6 Å². The largest absolute Gasteiger partial charge is 0.396 e. The normalized spacial score (nSPS) is 12.4. The number of fused-ring (bicyclic) bond motifs is 1. The van der Waals surface area contributed by atoms with Gasteiger partial charge in [-0.2, -0.15) is 13.2 Å². The Morgan fingerprint density at radius 1 is 1.35 bits per heavy atom. The van der Waals surface area contributed by atoms with Crippen LogP contribution in [0.15, 0.2) is 10.7 Å². The maximum atomic E-state index is 12.2. The summed E-state index contributed by atoms with van der Waals surface area (Å²) in [5.41, 5.74) is 2.30. The highest BCUT2D eigenvalue weighted by Crippen LogP contribution is 2.23. The van der Waals surface area contributed by atoms with Gasteiger partial charge in [0.1, 0.15) is 11.0 Å². The average Bonchev–Trinajstić information content (AvgIpc) is 2.54. The molecule has 2 heterocycles. The van der Waals surface area contributed by atoms with Crippen molar-refractivity contribution in [3.8, 4) is 0 Å². The molecule has 2 aromatic rings. The van der Waals surface area contributed by atoms with E-state index in [-0.39, 0.29) is 5.82 Å². The summed E-state index contributed by atoms with van der Waals surface area (Å²) >= 11 is 3.30. The van der Waals surface area contributed by atoms with Gasteiger partial charge < -0.3 is 0 Å². The van der Waals surface area contributed by atoms with Gasteiger partial charge in [0.25, 0.3) is 0 Å². The fraction of sp³-hybridized carbons (Fsp3) is 0.400. The number of pyridine rings is 1. The van der Waals surface area contributed by atoms with Crippen molar-refractivity contribution < 1.29 is 13.2 Å². The fourth-order valence-electron chi connectivity index (χ4n) is 1.48. The highest BCUT2D eigenvalue weighted by Gasteiger charge is 2.30. The number of rotatable bonds is 1. The number of aryl methyl sites for hydroxylation is 1. The van der Waals surface area contributed by atoms with E-state index >= 15 is 0 Å². The first kappa shape index (κ1) is 12.3. The molecule has 0 aliphatic carbocycles. The highest BCUT2D eigenvalue weighted by atomic mass is 79.9. The summed E-state index contributed by atoms with van der Waals surface area (Å²) in [7, 11) is 0. The van der Waals surface area contributed by atoms with Crippen LogP contribution in [0.2, 0.25) is 0 Å². The molecule has 17 heavy (non-hydrogen) atoms. The van der Waals surface area contributed by atoms with Gasteiger partial charge in [0.15, 0.2) is 11.5 Å². The van der Waals surface area contributed by atoms with E-state index in [1.165, 1.54) is 4.52 Å². The van der Waals surface area contributed by atoms with Gasteiger partial charge in [0.2, 0.25) is 0 Å². The molecule has 0 bridgehead atoms. The van der Waals surface area contributed by atoms with Crippen LogP contribution < -0.4 is 0 Å². The molecule has 0 saturated heterocycles. The summed E-state index contributed by atoms with van der Waals surface area (Å²) in [6.45, 7) is 3.74. The highest BCUT2D eigenvalue weighted by molar-refractivity contribution is 9.10. The van der Waals surface area contributed by atoms with E-state index in [0.717, 1.165) is 11.1 Å². The van der Waals surface area contributed by atoms with Crippen molar-refractivity contribution in [3.63, 3.8) is 0 Å². The summed E-state index contributed by atoms with van der Waals surface area (Å²) in [6.07, 6.45) is -5.40. The number of halogens is 4. The third-order valence-corrected chi connectivity index (χ3v) is 3.40. The van der Waals surface area contributed by atoms with Gasteiger partial charge in [0.05, 0.1) is 0 Å². The molecule has 0 N–H and O–H groups in total. The van der Waals surface area contributed by atoms with E-state index in [9.17, 15) is 13.2 Å². The molecule has 0 spiro atoms. The Balaban J connectivity index is 2.55. The lowest BCUT2D eigenvalue weighted by molar-refractivity contribution is -0.128. The van der Waals surface area contributed by atoms with E-state index in [2.05, 4.69) is 26.0 Å². The van der Waals surface area contributed by atoms with Crippen LogP contribution >= 0.6 is 15.9 Å². The Hall–Kier alpha value is -1.11. The molecular formula is C10H9BrF3N3. The standard InChI is InChI=1S/C10H9BrF3N3/c1-5-3-8-15-7(4-10(12,13)14)16-17(8)9(11)6(5)2/h3H,4H2,1-2H3. The molecular weight excluding hydrogens is 299 g/mol. The maximum absolute atomic E-state index is 12.2. The first-order valence-corrected chi connectivity index (χ1v) is 5.65.